The van der Waals surface area contributed by atoms with E-state index in [1.807, 2.05) is 88.4 Å². The van der Waals surface area contributed by atoms with Crippen LogP contribution in [0.25, 0.3) is 0 Å². The van der Waals surface area contributed by atoms with Crippen LogP contribution in [0.2, 0.25) is 0 Å². The molecule has 0 radical (unpaired) electrons. The van der Waals surface area contributed by atoms with E-state index in [1.165, 1.54) is 42.8 Å². The van der Waals surface area contributed by atoms with Gasteiger partial charge in [0.25, 0.3) is 0 Å². The lowest BCUT2D eigenvalue weighted by Crippen LogP contribution is -2.67. The summed E-state index contributed by atoms with van der Waals surface area (Å²) >= 11 is 0. The topological polar surface area (TPSA) is 462 Å². The predicted octanol–water partition coefficient (Wildman–Crippen LogP) is 7.65. The van der Waals surface area contributed by atoms with Crippen molar-refractivity contribution < 1.29 is 73.2 Å². The number of anilines is 4. The Morgan fingerprint density at radius 2 is 0.889 bits per heavy atom. The highest BCUT2D eigenvalue weighted by atomic mass is 16.4. The first-order chi connectivity index (χ1) is 51.5. The first-order valence-electron chi connectivity index (χ1n) is 35.6. The number of β-lactam (4-membered cyclic amide) rings is 3. The molecule has 12 rings (SSSR count). The monoisotopic (exact) mass is 1470 g/mol. The summed E-state index contributed by atoms with van der Waals surface area (Å²) in [6.07, 6.45) is 17.2. The number of aromatic nitrogens is 5. The first kappa shape index (κ1) is 79.8. The van der Waals surface area contributed by atoms with Gasteiger partial charge in [-0.05, 0) is 157 Å². The van der Waals surface area contributed by atoms with Crippen LogP contribution in [0.4, 0.5) is 28.1 Å². The van der Waals surface area contributed by atoms with Crippen molar-refractivity contribution in [3.05, 3.63) is 209 Å². The number of aliphatic carboxylic acids is 4. The molecule has 11 atom stereocenters. The van der Waals surface area contributed by atoms with E-state index >= 15 is 0 Å². The minimum absolute atomic E-state index is 0.0769. The van der Waals surface area contributed by atoms with Gasteiger partial charge in [-0.25, -0.2) is 43.9 Å². The Balaban J connectivity index is 0.000000166. The zero-order chi connectivity index (χ0) is 78.2. The molecule has 7 aromatic rings. The Morgan fingerprint density at radius 3 is 1.30 bits per heavy atom. The fourth-order valence-corrected chi connectivity index (χ4v) is 14.4. The summed E-state index contributed by atoms with van der Waals surface area (Å²) in [5, 5.41) is 41.0. The fraction of sp³-hybridized carbons (Fsp3) is 0.367. The minimum atomic E-state index is -1.18. The van der Waals surface area contributed by atoms with Gasteiger partial charge in [-0.1, -0.05) is 119 Å². The summed E-state index contributed by atoms with van der Waals surface area (Å²) in [5.41, 5.74) is 30.0. The lowest BCUT2D eigenvalue weighted by molar-refractivity contribution is -0.177. The van der Waals surface area contributed by atoms with Gasteiger partial charge in [0, 0.05) is 68.1 Å². The number of nitrogen functional groups attached to an aromatic ring is 4. The average molecular weight is 1480 g/mol. The van der Waals surface area contributed by atoms with E-state index in [2.05, 4.69) is 36.8 Å². The number of likely N-dealkylation sites (tertiary alicyclic amines) is 4. The molecule has 5 fully saturated rings. The summed E-state index contributed by atoms with van der Waals surface area (Å²) in [6, 6.07) is 29.0. The van der Waals surface area contributed by atoms with Crippen molar-refractivity contribution in [1.29, 1.82) is 0 Å². The zero-order valence-corrected chi connectivity index (χ0v) is 60.4. The second kappa shape index (κ2) is 36.1. The lowest BCUT2D eigenvalue weighted by Gasteiger charge is -2.47. The number of imide groups is 3. The van der Waals surface area contributed by atoms with Crippen molar-refractivity contribution >= 4 is 88.6 Å². The van der Waals surface area contributed by atoms with Crippen molar-refractivity contribution in [2.75, 3.05) is 22.9 Å². The summed E-state index contributed by atoms with van der Waals surface area (Å²) < 4.78 is 0. The molecule has 2 aromatic carbocycles. The lowest BCUT2D eigenvalue weighted by atomic mass is 9.78. The number of aryl methyl sites for hydroxylation is 2. The Hall–Kier alpha value is -12.3. The molecule has 0 spiro atoms. The van der Waals surface area contributed by atoms with Gasteiger partial charge in [0.05, 0.1) is 23.8 Å². The number of hydrogen-bond donors (Lipinski definition) is 9. The van der Waals surface area contributed by atoms with Gasteiger partial charge in [-0.15, -0.1) is 0 Å². The van der Waals surface area contributed by atoms with Crippen LogP contribution >= 0.6 is 0 Å². The van der Waals surface area contributed by atoms with Gasteiger partial charge in [0.2, 0.25) is 35.4 Å². The maximum absolute atomic E-state index is 12.7. The molecule has 4 saturated heterocycles. The highest BCUT2D eigenvalue weighted by Gasteiger charge is 2.57. The normalized spacial score (nSPS) is 20.8. The van der Waals surface area contributed by atoms with E-state index < -0.39 is 101 Å². The van der Waals surface area contributed by atoms with Gasteiger partial charge in [-0.3, -0.25) is 53.4 Å². The van der Waals surface area contributed by atoms with E-state index in [1.54, 1.807) is 73.2 Å². The van der Waals surface area contributed by atoms with Crippen LogP contribution in [0, 0.1) is 42.4 Å². The molecular formula is C79H90N14O15. The van der Waals surface area contributed by atoms with E-state index in [0.29, 0.717) is 47.7 Å². The Bertz CT molecular complexity index is 4470. The number of pyridine rings is 5. The number of benzene rings is 2. The number of urea groups is 1. The quantitative estimate of drug-likeness (QED) is 0.0278. The standard InChI is InChI=1S/C21H23N3O4.C20H27N3O4.C19H21N5O3.C19H19N3O4/c1-12-3-5-15(6-4-12)13(2)9-18(25)24-19(21(27)28)16(20(24)26)10-14-7-8-23-17(22)11-14;1-12(14-5-3-2-4-6-14)9-17(24)23-18(20(26)27)15(19(23)25)10-13-7-8-22-16(21)11-13;1-11(14-4-3-6-21-10-14)23-19(27)24-12(2)15(17(24)18(25)26)8-13-5-7-22-16(20)9-13;20-15-11-13(8-9-21-15)10-14-17(19(25)26)22(18(14)24)16(23)7-6-12-4-2-1-3-5-12/h3-8,11,13,16,19H,9-10H2,1-2H3,(H2,22,23)(H,27,28);7-8,11-12,14-15,18H,2-6,9-10H2,1H3,(H2,21,22)(H,26,27);3-7,9-11,15,17H,2,8H2,1H3,(H2,20,22)(H,23,27)(H,25,26);1-5,8-9,11,14,17H,6-7,10H2,(H2,20,21)(H,25,26)/t13-,16+,19-;12-,15+,18-;11?,15-,17-;14-,17+/m0001/s1. The molecule has 8 amide bonds. The van der Waals surface area contributed by atoms with E-state index in [-0.39, 0.29) is 68.2 Å². The molecule has 5 aliphatic rings. The summed E-state index contributed by atoms with van der Waals surface area (Å²) in [6.45, 7) is 11.6. The predicted molar refractivity (Wildman–Crippen MR) is 396 cm³/mol. The number of carbonyl (C=O) groups excluding carboxylic acids is 7. The molecule has 108 heavy (non-hydrogen) atoms. The Morgan fingerprint density at radius 1 is 0.481 bits per heavy atom. The van der Waals surface area contributed by atoms with Crippen molar-refractivity contribution in [3.8, 4) is 0 Å². The van der Waals surface area contributed by atoms with Crippen molar-refractivity contribution in [1.82, 2.24) is 49.8 Å². The van der Waals surface area contributed by atoms with Crippen LogP contribution in [0.15, 0.2) is 165 Å². The molecule has 29 nitrogen and oxygen atoms in total. The number of nitrogens with two attached hydrogens (primary N) is 4. The number of hydrogen-bond acceptors (Lipinski definition) is 20. The third-order valence-corrected chi connectivity index (χ3v) is 20.4. The van der Waals surface area contributed by atoms with Crippen LogP contribution < -0.4 is 28.3 Å². The molecule has 13 N–H and O–H groups in total. The van der Waals surface area contributed by atoms with Gasteiger partial charge < -0.3 is 48.7 Å². The van der Waals surface area contributed by atoms with Crippen LogP contribution in [-0.4, -0.2) is 154 Å². The van der Waals surface area contributed by atoms with E-state index in [0.717, 1.165) is 72.0 Å². The maximum atomic E-state index is 12.7. The zero-order valence-electron chi connectivity index (χ0n) is 60.4. The second-order valence-electron chi connectivity index (χ2n) is 27.9. The number of amides is 8. The third-order valence-electron chi connectivity index (χ3n) is 20.4. The molecule has 1 aliphatic carbocycles. The number of carboxylic acids is 4. The number of nitrogens with one attached hydrogen (secondary N) is 1. The molecule has 566 valence electrons. The van der Waals surface area contributed by atoms with Crippen LogP contribution in [0.3, 0.4) is 0 Å². The van der Waals surface area contributed by atoms with E-state index in [4.69, 9.17) is 22.9 Å². The highest BCUT2D eigenvalue weighted by molar-refractivity contribution is 6.10. The Kier molecular flexibility index (Phi) is 26.7. The minimum Gasteiger partial charge on any atom is -0.480 e. The molecule has 1 unspecified atom stereocenters. The third kappa shape index (κ3) is 19.6. The van der Waals surface area contributed by atoms with Crippen molar-refractivity contribution in [2.45, 2.75) is 147 Å². The van der Waals surface area contributed by atoms with Gasteiger partial charge in [0.15, 0.2) is 0 Å². The molecule has 4 aliphatic heterocycles. The number of nitrogens with zero attached hydrogens (tertiary/aromatic N) is 9. The molecule has 0 bridgehead atoms. The van der Waals surface area contributed by atoms with Crippen LogP contribution in [-0.2, 0) is 80.0 Å². The van der Waals surface area contributed by atoms with Gasteiger partial charge >= 0.3 is 29.9 Å². The number of rotatable bonds is 23. The highest BCUT2D eigenvalue weighted by Crippen LogP contribution is 2.40. The molecule has 9 heterocycles. The number of carboxylic acid groups (broad SMARTS) is 4. The molecule has 1 saturated carbocycles. The Labute approximate surface area is 623 Å². The van der Waals surface area contributed by atoms with Gasteiger partial charge in [-0.2, -0.15) is 0 Å². The largest absolute Gasteiger partial charge is 0.480 e. The molecular weight excluding hydrogens is 1380 g/mol. The van der Waals surface area contributed by atoms with Gasteiger partial charge in [0.1, 0.15) is 47.4 Å². The average Bonchev–Trinajstić information content (AvgIpc) is 0.768. The molecule has 5 aromatic heterocycles. The summed E-state index contributed by atoms with van der Waals surface area (Å²) in [5.74, 6) is -8.01. The fourth-order valence-electron chi connectivity index (χ4n) is 14.4. The smallest absolute Gasteiger partial charge is 0.327 e. The summed E-state index contributed by atoms with van der Waals surface area (Å²) in [7, 11) is 0. The SMILES string of the molecule is C=C1[C@H](Cc2ccnc(N)c2)[C@@H](C(=O)O)N1C(=O)NC(C)c1cccnc1.C[C@@H](CC(=O)N1C(=O)[C@H](Cc2ccnc(N)c2)[C@H]1C(=O)O)C1CCCCC1.Cc1ccc([C@@H](C)CC(=O)N2C(=O)[C@H](Cc3ccnc(N)c3)[C@H]2C(=O)O)cc1.Nc1cc(C[C@H]2C(=O)N(C(=O)CCc3ccccc3)[C@@H]2C(=O)O)ccn1. The van der Waals surface area contributed by atoms with Crippen LogP contribution in [0.1, 0.15) is 129 Å². The second-order valence-corrected chi connectivity index (χ2v) is 27.9. The van der Waals surface area contributed by atoms with Crippen molar-refractivity contribution in [3.63, 3.8) is 0 Å². The maximum Gasteiger partial charge on any atom is 0.327 e. The van der Waals surface area contributed by atoms with Crippen LogP contribution in [0.5, 0.6) is 0 Å². The summed E-state index contributed by atoms with van der Waals surface area (Å²) in [4.78, 5) is 158. The number of carbonyl (C=O) groups is 11. The van der Waals surface area contributed by atoms with Crippen molar-refractivity contribution in [2.24, 2.45) is 35.5 Å². The van der Waals surface area contributed by atoms with E-state index in [9.17, 15) is 73.2 Å². The first-order valence-corrected chi connectivity index (χ1v) is 35.6. The molecule has 29 heteroatoms.